The van der Waals surface area contributed by atoms with Gasteiger partial charge in [-0.05, 0) is 36.1 Å². The summed E-state index contributed by atoms with van der Waals surface area (Å²) in [5.74, 6) is -0.630. The van der Waals surface area contributed by atoms with Gasteiger partial charge in [0.1, 0.15) is 5.82 Å². The molecule has 0 heterocycles. The van der Waals surface area contributed by atoms with Gasteiger partial charge in [-0.2, -0.15) is 0 Å². The number of alkyl halides is 2. The molecule has 1 atom stereocenters. The van der Waals surface area contributed by atoms with Crippen LogP contribution in [0, 0.1) is 5.82 Å². The Bertz CT molecular complexity index is 364. The van der Waals surface area contributed by atoms with Gasteiger partial charge in [0, 0.05) is 5.56 Å². The van der Waals surface area contributed by atoms with Crippen molar-refractivity contribution in [1.82, 2.24) is 0 Å². The highest BCUT2D eigenvalue weighted by Gasteiger charge is 2.25. The monoisotopic (exact) mass is 232 g/mol. The van der Waals surface area contributed by atoms with Gasteiger partial charge in [0.2, 0.25) is 0 Å². The summed E-state index contributed by atoms with van der Waals surface area (Å²) in [4.78, 5) is 0. The molecule has 0 spiro atoms. The second-order valence-corrected chi connectivity index (χ2v) is 3.43. The predicted molar refractivity (Wildman–Crippen MR) is 56.0 cm³/mol. The molecule has 0 saturated carbocycles. The Morgan fingerprint density at radius 2 is 1.94 bits per heavy atom. The van der Waals surface area contributed by atoms with Crippen LogP contribution in [0.3, 0.4) is 0 Å². The summed E-state index contributed by atoms with van der Waals surface area (Å²) in [6.45, 7) is 4.00. The molecular weight excluding hydrogens is 217 g/mol. The number of hydrogen-bond acceptors (Lipinski definition) is 1. The maximum atomic E-state index is 13.2. The summed E-state index contributed by atoms with van der Waals surface area (Å²) in [5, 5.41) is 9.40. The van der Waals surface area contributed by atoms with E-state index in [0.29, 0.717) is 24.0 Å². The van der Waals surface area contributed by atoms with E-state index in [1.807, 2.05) is 13.8 Å². The third-order valence-corrected chi connectivity index (χ3v) is 2.53. The highest BCUT2D eigenvalue weighted by Crippen LogP contribution is 2.35. The quantitative estimate of drug-likeness (QED) is 0.781. The van der Waals surface area contributed by atoms with Crippen LogP contribution in [0.25, 0.3) is 0 Å². The summed E-state index contributed by atoms with van der Waals surface area (Å²) >= 11 is 0. The number of aliphatic hydroxyl groups excluding tert-OH is 1. The van der Waals surface area contributed by atoms with Crippen molar-refractivity contribution >= 4 is 0 Å². The molecular formula is C12H15F3O. The summed E-state index contributed by atoms with van der Waals surface area (Å²) < 4.78 is 37.8. The minimum Gasteiger partial charge on any atom is -0.388 e. The van der Waals surface area contributed by atoms with E-state index in [0.717, 1.165) is 6.07 Å². The lowest BCUT2D eigenvalue weighted by Crippen LogP contribution is -1.96. The Morgan fingerprint density at radius 3 is 2.50 bits per heavy atom. The van der Waals surface area contributed by atoms with Crippen LogP contribution in [-0.2, 0) is 6.42 Å². The van der Waals surface area contributed by atoms with Gasteiger partial charge in [0.25, 0.3) is 6.43 Å². The van der Waals surface area contributed by atoms with Crippen molar-refractivity contribution < 1.29 is 18.3 Å². The van der Waals surface area contributed by atoms with Crippen molar-refractivity contribution in [3.05, 3.63) is 34.6 Å². The number of halogens is 3. The molecule has 0 saturated heterocycles. The maximum Gasteiger partial charge on any atom is 0.263 e. The smallest absolute Gasteiger partial charge is 0.263 e. The fourth-order valence-electron chi connectivity index (χ4n) is 1.80. The Morgan fingerprint density at radius 1 is 1.31 bits per heavy atom. The molecule has 0 radical (unpaired) electrons. The van der Waals surface area contributed by atoms with E-state index in [4.69, 9.17) is 0 Å². The molecule has 1 N–H and O–H groups in total. The molecule has 1 aromatic carbocycles. The van der Waals surface area contributed by atoms with E-state index in [1.165, 1.54) is 6.07 Å². The summed E-state index contributed by atoms with van der Waals surface area (Å²) in [6.07, 6.45) is -2.65. The molecule has 1 aliphatic carbocycles. The van der Waals surface area contributed by atoms with Crippen molar-refractivity contribution in [3.63, 3.8) is 0 Å². The van der Waals surface area contributed by atoms with Crippen LogP contribution >= 0.6 is 0 Å². The third-order valence-electron chi connectivity index (χ3n) is 2.53. The van der Waals surface area contributed by atoms with E-state index >= 15 is 0 Å². The Labute approximate surface area is 92.9 Å². The first-order valence-electron chi connectivity index (χ1n) is 5.38. The summed E-state index contributed by atoms with van der Waals surface area (Å²) in [6, 6.07) is 2.04. The zero-order valence-electron chi connectivity index (χ0n) is 9.30. The maximum absolute atomic E-state index is 13.2. The van der Waals surface area contributed by atoms with E-state index in [2.05, 4.69) is 0 Å². The zero-order chi connectivity index (χ0) is 12.3. The molecule has 1 aromatic rings. The first-order chi connectivity index (χ1) is 7.59. The van der Waals surface area contributed by atoms with Gasteiger partial charge in [-0.25, -0.2) is 13.2 Å². The molecule has 1 aliphatic rings. The lowest BCUT2D eigenvalue weighted by molar-refractivity contribution is 0.149. The van der Waals surface area contributed by atoms with E-state index in [1.54, 1.807) is 0 Å². The highest BCUT2D eigenvalue weighted by atomic mass is 19.3. The van der Waals surface area contributed by atoms with Crippen LogP contribution < -0.4 is 0 Å². The Kier molecular flexibility index (Phi) is 4.35. The predicted octanol–water partition coefficient (Wildman–Crippen LogP) is 3.77. The molecule has 4 heteroatoms. The number of aliphatic hydroxyl groups is 1. The lowest BCUT2D eigenvalue weighted by atomic mass is 10.0. The number of benzene rings is 1. The van der Waals surface area contributed by atoms with Gasteiger partial charge in [-0.15, -0.1) is 0 Å². The third kappa shape index (κ3) is 2.38. The van der Waals surface area contributed by atoms with Crippen LogP contribution in [0.15, 0.2) is 12.1 Å². The van der Waals surface area contributed by atoms with Crippen molar-refractivity contribution in [3.8, 4) is 0 Å². The number of fused-ring (bicyclic) bond motifs is 1. The van der Waals surface area contributed by atoms with Gasteiger partial charge in [-0.1, -0.05) is 13.8 Å². The first kappa shape index (κ1) is 13.0. The van der Waals surface area contributed by atoms with Gasteiger partial charge in [-0.3, -0.25) is 0 Å². The van der Waals surface area contributed by atoms with Crippen LogP contribution in [0.5, 0.6) is 0 Å². The summed E-state index contributed by atoms with van der Waals surface area (Å²) in [5.41, 5.74) is 0.337. The molecule has 0 aliphatic heterocycles. The lowest BCUT2D eigenvalue weighted by Gasteiger charge is -2.07. The van der Waals surface area contributed by atoms with Crippen molar-refractivity contribution in [1.29, 1.82) is 0 Å². The largest absolute Gasteiger partial charge is 0.388 e. The van der Waals surface area contributed by atoms with Crippen LogP contribution in [0.4, 0.5) is 13.2 Å². The normalized spacial score (nSPS) is 18.1. The minimum absolute atomic E-state index is 0.320. The molecule has 0 bridgehead atoms. The highest BCUT2D eigenvalue weighted by molar-refractivity contribution is 5.38. The van der Waals surface area contributed by atoms with Crippen LogP contribution in [-0.4, -0.2) is 5.11 Å². The average molecular weight is 232 g/mol. The minimum atomic E-state index is -2.69. The molecule has 0 fully saturated rings. The van der Waals surface area contributed by atoms with Gasteiger partial charge < -0.3 is 5.11 Å². The van der Waals surface area contributed by atoms with Gasteiger partial charge in [0.05, 0.1) is 6.10 Å². The van der Waals surface area contributed by atoms with Gasteiger partial charge >= 0.3 is 0 Å². The second kappa shape index (κ2) is 5.34. The molecule has 2 rings (SSSR count). The topological polar surface area (TPSA) is 20.2 Å². The van der Waals surface area contributed by atoms with Crippen molar-refractivity contribution in [2.45, 2.75) is 39.2 Å². The van der Waals surface area contributed by atoms with Crippen molar-refractivity contribution in [2.24, 2.45) is 0 Å². The second-order valence-electron chi connectivity index (χ2n) is 3.43. The number of rotatable bonds is 1. The van der Waals surface area contributed by atoms with Gasteiger partial charge in [0.15, 0.2) is 0 Å². The van der Waals surface area contributed by atoms with Crippen LogP contribution in [0.1, 0.15) is 49.5 Å². The molecule has 90 valence electrons. The van der Waals surface area contributed by atoms with E-state index in [-0.39, 0.29) is 5.56 Å². The standard InChI is InChI=1S/C10H9F3O.C2H6/c11-8-4-5(10(12)13)3-7-6(8)1-2-9(7)14;1-2/h3-4,9-10,14H,1-2H2;1-2H3. The average Bonchev–Trinajstić information content (AvgIpc) is 2.64. The molecule has 16 heavy (non-hydrogen) atoms. The molecule has 1 unspecified atom stereocenters. The fourth-order valence-corrected chi connectivity index (χ4v) is 1.80. The molecule has 0 amide bonds. The molecule has 0 aromatic heterocycles. The van der Waals surface area contributed by atoms with Crippen LogP contribution in [0.2, 0.25) is 0 Å². The summed E-state index contributed by atoms with van der Waals surface area (Å²) in [7, 11) is 0. The molecule has 1 nitrogen and oxygen atoms in total. The Balaban J connectivity index is 0.000000606. The fraction of sp³-hybridized carbons (Fsp3) is 0.500. The van der Waals surface area contributed by atoms with Crippen molar-refractivity contribution in [2.75, 3.05) is 0 Å². The first-order valence-corrected chi connectivity index (χ1v) is 5.38. The zero-order valence-corrected chi connectivity index (χ0v) is 9.30. The Hall–Kier alpha value is -1.03. The van der Waals surface area contributed by atoms with E-state index < -0.39 is 18.3 Å². The van der Waals surface area contributed by atoms with E-state index in [9.17, 15) is 18.3 Å². The number of hydrogen-bond donors (Lipinski definition) is 1. The SMILES string of the molecule is CC.OC1CCc2c(F)cc(C(F)F)cc21.